The molecule has 0 saturated carbocycles. The summed E-state index contributed by atoms with van der Waals surface area (Å²) in [6.45, 7) is 1.04. The topological polar surface area (TPSA) is 116 Å². The van der Waals surface area contributed by atoms with E-state index in [1.165, 1.54) is 18.2 Å². The van der Waals surface area contributed by atoms with Crippen molar-refractivity contribution >= 4 is 17.5 Å². The number of piperidine rings is 1. The van der Waals surface area contributed by atoms with Gasteiger partial charge in [0.25, 0.3) is 11.6 Å². The molecule has 1 unspecified atom stereocenters. The molecule has 2 amide bonds. The maximum Gasteiger partial charge on any atom is 0.270 e. The number of likely N-dealkylation sites (tertiary alicyclic amines) is 1. The first-order chi connectivity index (χ1) is 13.9. The molecule has 0 aromatic heterocycles. The van der Waals surface area contributed by atoms with Crippen LogP contribution in [0.5, 0.6) is 11.5 Å². The van der Waals surface area contributed by atoms with Gasteiger partial charge in [0.2, 0.25) is 5.91 Å². The number of amides is 2. The highest BCUT2D eigenvalue weighted by Gasteiger charge is 2.28. The lowest BCUT2D eigenvalue weighted by atomic mass is 9.93. The number of hydrogen-bond donors (Lipinski definition) is 1. The molecule has 1 fully saturated rings. The average Bonchev–Trinajstić information content (AvgIpc) is 2.73. The molecule has 1 aliphatic heterocycles. The van der Waals surface area contributed by atoms with Gasteiger partial charge in [-0.1, -0.05) is 18.2 Å². The summed E-state index contributed by atoms with van der Waals surface area (Å²) < 4.78 is 5.83. The lowest BCUT2D eigenvalue weighted by molar-refractivity contribution is -0.384. The Morgan fingerprint density at radius 3 is 2.66 bits per heavy atom. The van der Waals surface area contributed by atoms with Crippen LogP contribution in [0, 0.1) is 16.0 Å². The molecule has 1 saturated heterocycles. The highest BCUT2D eigenvalue weighted by Crippen LogP contribution is 2.31. The van der Waals surface area contributed by atoms with Gasteiger partial charge in [-0.15, -0.1) is 0 Å². The summed E-state index contributed by atoms with van der Waals surface area (Å²) in [5.41, 5.74) is 5.21. The molecule has 8 nitrogen and oxygen atoms in total. The van der Waals surface area contributed by atoms with Crippen molar-refractivity contribution in [1.82, 2.24) is 4.90 Å². The minimum atomic E-state index is -0.533. The second kappa shape index (κ2) is 9.18. The molecule has 1 atom stereocenters. The van der Waals surface area contributed by atoms with Crippen LogP contribution in [0.1, 0.15) is 36.0 Å². The monoisotopic (exact) mass is 397 g/mol. The quantitative estimate of drug-likeness (QED) is 0.567. The maximum atomic E-state index is 13.2. The highest BCUT2D eigenvalue weighted by molar-refractivity contribution is 5.97. The molecule has 152 valence electrons. The Morgan fingerprint density at radius 1 is 1.21 bits per heavy atom. The molecule has 1 heterocycles. The minimum Gasteiger partial charge on any atom is -0.457 e. The Bertz CT molecular complexity index is 900. The predicted molar refractivity (Wildman–Crippen MR) is 107 cm³/mol. The lowest BCUT2D eigenvalue weighted by Crippen LogP contribution is -2.40. The van der Waals surface area contributed by atoms with E-state index in [-0.39, 0.29) is 41.2 Å². The first kappa shape index (κ1) is 20.3. The summed E-state index contributed by atoms with van der Waals surface area (Å²) in [6, 6.07) is 13.0. The van der Waals surface area contributed by atoms with Crippen LogP contribution in [0.25, 0.3) is 0 Å². The van der Waals surface area contributed by atoms with Gasteiger partial charge in [-0.3, -0.25) is 19.7 Å². The number of non-ortho nitro benzene ring substituents is 1. The zero-order chi connectivity index (χ0) is 20.8. The van der Waals surface area contributed by atoms with Crippen LogP contribution in [0.15, 0.2) is 48.5 Å². The van der Waals surface area contributed by atoms with Crippen LogP contribution in [0.3, 0.4) is 0 Å². The van der Waals surface area contributed by atoms with E-state index < -0.39 is 4.92 Å². The van der Waals surface area contributed by atoms with E-state index in [0.29, 0.717) is 25.3 Å². The number of ether oxygens (including phenoxy) is 1. The zero-order valence-electron chi connectivity index (χ0n) is 16.0. The van der Waals surface area contributed by atoms with Crippen LogP contribution >= 0.6 is 0 Å². The third-order valence-corrected chi connectivity index (χ3v) is 4.98. The van der Waals surface area contributed by atoms with Crippen LogP contribution < -0.4 is 10.5 Å². The number of nitrogens with two attached hydrogens (primary N) is 1. The summed E-state index contributed by atoms with van der Waals surface area (Å²) in [4.78, 5) is 36.6. The number of carbonyl (C=O) groups is 2. The first-order valence-corrected chi connectivity index (χ1v) is 9.53. The molecular weight excluding hydrogens is 374 g/mol. The smallest absolute Gasteiger partial charge is 0.270 e. The van der Waals surface area contributed by atoms with E-state index in [1.54, 1.807) is 29.2 Å². The Balaban J connectivity index is 1.84. The number of nitrogens with zero attached hydrogens (tertiary/aromatic N) is 2. The van der Waals surface area contributed by atoms with Gasteiger partial charge in [-0.05, 0) is 43.4 Å². The lowest BCUT2D eigenvalue weighted by Gasteiger charge is -2.33. The van der Waals surface area contributed by atoms with Crippen molar-refractivity contribution in [3.8, 4) is 11.5 Å². The van der Waals surface area contributed by atoms with Crippen molar-refractivity contribution < 1.29 is 19.2 Å². The second-order valence-corrected chi connectivity index (χ2v) is 7.12. The Kier molecular flexibility index (Phi) is 6.43. The molecule has 2 N–H and O–H groups in total. The van der Waals surface area contributed by atoms with E-state index in [4.69, 9.17) is 10.5 Å². The molecule has 2 aromatic carbocycles. The molecule has 2 aromatic rings. The third-order valence-electron chi connectivity index (χ3n) is 4.98. The largest absolute Gasteiger partial charge is 0.457 e. The fraction of sp³-hybridized carbons (Fsp3) is 0.333. The number of benzene rings is 2. The summed E-state index contributed by atoms with van der Waals surface area (Å²) in [6.07, 6.45) is 2.63. The van der Waals surface area contributed by atoms with Gasteiger partial charge in [0.1, 0.15) is 11.5 Å². The van der Waals surface area contributed by atoms with Crippen molar-refractivity contribution in [3.63, 3.8) is 0 Å². The molecule has 29 heavy (non-hydrogen) atoms. The van der Waals surface area contributed by atoms with Crippen LogP contribution in [-0.2, 0) is 4.79 Å². The van der Waals surface area contributed by atoms with Crippen LogP contribution in [0.2, 0.25) is 0 Å². The molecule has 0 spiro atoms. The average molecular weight is 397 g/mol. The minimum absolute atomic E-state index is 0.151. The van der Waals surface area contributed by atoms with Crippen molar-refractivity contribution in [2.24, 2.45) is 11.7 Å². The second-order valence-electron chi connectivity index (χ2n) is 7.12. The number of primary amides is 1. The summed E-state index contributed by atoms with van der Waals surface area (Å²) in [5, 5.41) is 11.2. The van der Waals surface area contributed by atoms with Gasteiger partial charge in [-0.2, -0.15) is 0 Å². The number of carbonyl (C=O) groups excluding carboxylic acids is 2. The van der Waals surface area contributed by atoms with E-state index >= 15 is 0 Å². The maximum absolute atomic E-state index is 13.2. The number of rotatable bonds is 7. The summed E-state index contributed by atoms with van der Waals surface area (Å²) in [5.74, 6) is 0.311. The van der Waals surface area contributed by atoms with Crippen molar-refractivity contribution in [2.45, 2.75) is 25.7 Å². The molecule has 0 aliphatic carbocycles. The first-order valence-electron chi connectivity index (χ1n) is 9.53. The van der Waals surface area contributed by atoms with Gasteiger partial charge >= 0.3 is 0 Å². The third kappa shape index (κ3) is 5.31. The van der Waals surface area contributed by atoms with E-state index in [9.17, 15) is 19.7 Å². The van der Waals surface area contributed by atoms with E-state index in [0.717, 1.165) is 12.8 Å². The number of nitro groups is 1. The number of hydrogen-bond acceptors (Lipinski definition) is 5. The molecule has 8 heteroatoms. The fourth-order valence-corrected chi connectivity index (χ4v) is 3.51. The molecular formula is C21H23N3O5. The normalized spacial score (nSPS) is 16.3. The SMILES string of the molecule is NC(=O)CCC1CCCN(C(=O)c2cc([N+](=O)[O-])ccc2Oc2ccccc2)C1. The van der Waals surface area contributed by atoms with E-state index in [2.05, 4.69) is 0 Å². The summed E-state index contributed by atoms with van der Waals surface area (Å²) >= 11 is 0. The van der Waals surface area contributed by atoms with Gasteiger partial charge in [0, 0.05) is 31.6 Å². The van der Waals surface area contributed by atoms with E-state index in [1.807, 2.05) is 6.07 Å². The number of nitro benzene ring substituents is 1. The van der Waals surface area contributed by atoms with Crippen molar-refractivity contribution in [1.29, 1.82) is 0 Å². The standard InChI is InChI=1S/C21H23N3O5/c22-20(25)11-8-15-5-4-12-23(14-15)21(26)18-13-16(24(27)28)9-10-19(18)29-17-6-2-1-3-7-17/h1-3,6-7,9-10,13,15H,4-5,8,11-12,14H2,(H2,22,25). The highest BCUT2D eigenvalue weighted by atomic mass is 16.6. The molecule has 0 bridgehead atoms. The van der Waals surface area contributed by atoms with Gasteiger partial charge in [0.15, 0.2) is 0 Å². The Morgan fingerprint density at radius 2 is 1.97 bits per heavy atom. The molecule has 3 rings (SSSR count). The zero-order valence-corrected chi connectivity index (χ0v) is 16.0. The Hall–Kier alpha value is -3.42. The molecule has 0 radical (unpaired) electrons. The predicted octanol–water partition coefficient (Wildman–Crippen LogP) is 3.50. The van der Waals surface area contributed by atoms with Gasteiger partial charge in [0.05, 0.1) is 10.5 Å². The van der Waals surface area contributed by atoms with Gasteiger partial charge < -0.3 is 15.4 Å². The van der Waals surface area contributed by atoms with Crippen LogP contribution in [0.4, 0.5) is 5.69 Å². The van der Waals surface area contributed by atoms with Crippen LogP contribution in [-0.4, -0.2) is 34.7 Å². The molecule has 1 aliphatic rings. The van der Waals surface area contributed by atoms with Crippen molar-refractivity contribution in [2.75, 3.05) is 13.1 Å². The Labute approximate surface area is 168 Å². The fourth-order valence-electron chi connectivity index (χ4n) is 3.51. The summed E-state index contributed by atoms with van der Waals surface area (Å²) in [7, 11) is 0. The van der Waals surface area contributed by atoms with Crippen molar-refractivity contribution in [3.05, 3.63) is 64.2 Å². The number of para-hydroxylation sites is 1. The van der Waals surface area contributed by atoms with Gasteiger partial charge in [-0.25, -0.2) is 0 Å².